The Bertz CT molecular complexity index is 488. The van der Waals surface area contributed by atoms with Gasteiger partial charge in [0.2, 0.25) is 0 Å². The molecule has 1 aliphatic carbocycles. The van der Waals surface area contributed by atoms with Gasteiger partial charge in [-0.2, -0.15) is 0 Å². The highest BCUT2D eigenvalue weighted by atomic mass is 32.2. The number of carbonyl (C=O) groups is 1. The molecule has 2 atom stereocenters. The molecule has 2 rings (SSSR count). The van der Waals surface area contributed by atoms with Crippen LogP contribution in [-0.2, 0) is 4.74 Å². The fourth-order valence-corrected chi connectivity index (χ4v) is 4.70. The Balaban J connectivity index is 2.08. The molecule has 112 valence electrons. The number of nitrogens with two attached hydrogens (primary N) is 1. The van der Waals surface area contributed by atoms with Crippen molar-refractivity contribution in [1.29, 1.82) is 0 Å². The second-order valence-corrected chi connectivity index (χ2v) is 7.20. The first-order valence-electron chi connectivity index (χ1n) is 6.85. The second-order valence-electron chi connectivity index (χ2n) is 5.36. The van der Waals surface area contributed by atoms with E-state index in [-0.39, 0.29) is 5.97 Å². The average Bonchev–Trinajstić information content (AvgIpc) is 2.99. The monoisotopic (exact) mass is 314 g/mol. The molecule has 0 amide bonds. The molecule has 1 fully saturated rings. The first-order valence-corrected chi connectivity index (χ1v) is 8.89. The molecule has 1 aromatic rings. The van der Waals surface area contributed by atoms with Crippen LogP contribution in [0.1, 0.15) is 35.9 Å². The van der Waals surface area contributed by atoms with Crippen LogP contribution in [-0.4, -0.2) is 25.9 Å². The summed E-state index contributed by atoms with van der Waals surface area (Å²) in [5.41, 5.74) is 6.58. The fraction of sp³-hybridized carbons (Fsp3) is 0.643. The first-order chi connectivity index (χ1) is 9.56. The summed E-state index contributed by atoms with van der Waals surface area (Å²) in [5, 5.41) is 4.47. The molecule has 0 aromatic carbocycles. The Morgan fingerprint density at radius 1 is 1.55 bits per heavy atom. The van der Waals surface area contributed by atoms with Gasteiger partial charge in [0.1, 0.15) is 9.88 Å². The SMILES string of the molecule is COC(=O)c1sc(NCC2CCC(C)C2)c(SC)c1N. The van der Waals surface area contributed by atoms with Gasteiger partial charge in [0, 0.05) is 6.54 Å². The van der Waals surface area contributed by atoms with Crippen LogP contribution < -0.4 is 11.1 Å². The molecule has 0 aliphatic heterocycles. The van der Waals surface area contributed by atoms with E-state index in [1.807, 2.05) is 6.26 Å². The number of carbonyl (C=O) groups excluding carboxylic acids is 1. The summed E-state index contributed by atoms with van der Waals surface area (Å²) in [6.45, 7) is 3.27. The van der Waals surface area contributed by atoms with Gasteiger partial charge in [-0.15, -0.1) is 23.1 Å². The summed E-state index contributed by atoms with van der Waals surface area (Å²) in [5.74, 6) is 1.20. The molecule has 0 radical (unpaired) electrons. The highest BCUT2D eigenvalue weighted by Gasteiger charge is 2.24. The molecule has 1 heterocycles. The summed E-state index contributed by atoms with van der Waals surface area (Å²) in [4.78, 5) is 13.1. The molecule has 3 N–H and O–H groups in total. The van der Waals surface area contributed by atoms with Gasteiger partial charge >= 0.3 is 5.97 Å². The van der Waals surface area contributed by atoms with Crippen LogP contribution in [0.4, 0.5) is 10.7 Å². The number of rotatable bonds is 5. The van der Waals surface area contributed by atoms with Crippen molar-refractivity contribution in [2.45, 2.75) is 31.1 Å². The number of anilines is 2. The Hall–Kier alpha value is -0.880. The van der Waals surface area contributed by atoms with Crippen LogP contribution in [0.5, 0.6) is 0 Å². The van der Waals surface area contributed by atoms with Gasteiger partial charge in [0.05, 0.1) is 17.7 Å². The van der Waals surface area contributed by atoms with Crippen LogP contribution in [0.2, 0.25) is 0 Å². The standard InChI is InChI=1S/C14H22N2O2S2/c1-8-4-5-9(6-8)7-16-13-11(19-3)10(15)12(20-13)14(17)18-2/h8-9,16H,4-7,15H2,1-3H3. The zero-order valence-electron chi connectivity index (χ0n) is 12.2. The van der Waals surface area contributed by atoms with Gasteiger partial charge in [0.25, 0.3) is 0 Å². The number of esters is 1. The van der Waals surface area contributed by atoms with Crippen molar-refractivity contribution in [2.24, 2.45) is 11.8 Å². The molecular weight excluding hydrogens is 292 g/mol. The number of thiophene rings is 1. The molecule has 2 unspecified atom stereocenters. The highest BCUT2D eigenvalue weighted by Crippen LogP contribution is 2.42. The van der Waals surface area contributed by atoms with Gasteiger partial charge in [-0.25, -0.2) is 4.79 Å². The van der Waals surface area contributed by atoms with Gasteiger partial charge in [-0.3, -0.25) is 0 Å². The third kappa shape index (κ3) is 3.23. The number of hydrogen-bond acceptors (Lipinski definition) is 6. The van der Waals surface area contributed by atoms with Crippen molar-refractivity contribution in [3.8, 4) is 0 Å². The van der Waals surface area contributed by atoms with Gasteiger partial charge in [0.15, 0.2) is 0 Å². The van der Waals surface area contributed by atoms with Gasteiger partial charge in [-0.1, -0.05) is 13.3 Å². The largest absolute Gasteiger partial charge is 0.465 e. The molecule has 1 saturated carbocycles. The van der Waals surface area contributed by atoms with Crippen molar-refractivity contribution < 1.29 is 9.53 Å². The van der Waals surface area contributed by atoms with Crippen molar-refractivity contribution in [3.05, 3.63) is 4.88 Å². The summed E-state index contributed by atoms with van der Waals surface area (Å²) in [6, 6.07) is 0. The molecular formula is C14H22N2O2S2. The van der Waals surface area contributed by atoms with Crippen molar-refractivity contribution in [1.82, 2.24) is 0 Å². The number of hydrogen-bond donors (Lipinski definition) is 2. The van der Waals surface area contributed by atoms with E-state index in [1.165, 1.54) is 37.7 Å². The number of thioether (sulfide) groups is 1. The summed E-state index contributed by atoms with van der Waals surface area (Å²) in [7, 11) is 1.38. The lowest BCUT2D eigenvalue weighted by atomic mass is 10.1. The molecule has 0 saturated heterocycles. The zero-order valence-corrected chi connectivity index (χ0v) is 13.8. The summed E-state index contributed by atoms with van der Waals surface area (Å²) >= 11 is 2.97. The number of nitrogens with one attached hydrogen (secondary N) is 1. The Kier molecular flexibility index (Phi) is 5.21. The third-order valence-corrected chi connectivity index (χ3v) is 5.93. The van der Waals surface area contributed by atoms with Crippen LogP contribution in [0, 0.1) is 11.8 Å². The average molecular weight is 314 g/mol. The first kappa shape index (κ1) is 15.5. The maximum atomic E-state index is 11.7. The van der Waals surface area contributed by atoms with Crippen LogP contribution >= 0.6 is 23.1 Å². The lowest BCUT2D eigenvalue weighted by Crippen LogP contribution is -2.11. The predicted molar refractivity (Wildman–Crippen MR) is 86.8 cm³/mol. The quantitative estimate of drug-likeness (QED) is 0.641. The van der Waals surface area contributed by atoms with Crippen molar-refractivity contribution in [2.75, 3.05) is 31.0 Å². The normalized spacial score (nSPS) is 21.9. The maximum Gasteiger partial charge on any atom is 0.350 e. The Labute approximate surface area is 128 Å². The van der Waals surface area contributed by atoms with Crippen molar-refractivity contribution >= 4 is 39.8 Å². The minimum absolute atomic E-state index is 0.356. The van der Waals surface area contributed by atoms with E-state index >= 15 is 0 Å². The maximum absolute atomic E-state index is 11.7. The molecule has 20 heavy (non-hydrogen) atoms. The minimum atomic E-state index is -0.356. The topological polar surface area (TPSA) is 64.3 Å². The smallest absolute Gasteiger partial charge is 0.350 e. The van der Waals surface area contributed by atoms with E-state index in [1.54, 1.807) is 11.8 Å². The Morgan fingerprint density at radius 3 is 2.85 bits per heavy atom. The Morgan fingerprint density at radius 2 is 2.30 bits per heavy atom. The highest BCUT2D eigenvalue weighted by molar-refractivity contribution is 7.99. The van der Waals surface area contributed by atoms with E-state index in [4.69, 9.17) is 10.5 Å². The van der Waals surface area contributed by atoms with Crippen LogP contribution in [0.25, 0.3) is 0 Å². The van der Waals surface area contributed by atoms with Gasteiger partial charge < -0.3 is 15.8 Å². The van der Waals surface area contributed by atoms with Gasteiger partial charge in [-0.05, 0) is 30.9 Å². The van der Waals surface area contributed by atoms with Crippen molar-refractivity contribution in [3.63, 3.8) is 0 Å². The van der Waals surface area contributed by atoms with Crippen LogP contribution in [0.3, 0.4) is 0 Å². The number of ether oxygens (including phenoxy) is 1. The van der Waals surface area contributed by atoms with Crippen LogP contribution in [0.15, 0.2) is 4.90 Å². The van der Waals surface area contributed by atoms with E-state index in [9.17, 15) is 4.79 Å². The van der Waals surface area contributed by atoms with E-state index in [0.29, 0.717) is 10.6 Å². The second kappa shape index (κ2) is 6.72. The fourth-order valence-electron chi connectivity index (χ4n) is 2.74. The predicted octanol–water partition coefficient (Wildman–Crippen LogP) is 3.69. The van der Waals surface area contributed by atoms with E-state index in [2.05, 4.69) is 12.2 Å². The molecule has 4 nitrogen and oxygen atoms in total. The molecule has 1 aliphatic rings. The molecule has 1 aromatic heterocycles. The summed E-state index contributed by atoms with van der Waals surface area (Å²) < 4.78 is 4.78. The zero-order chi connectivity index (χ0) is 14.7. The summed E-state index contributed by atoms with van der Waals surface area (Å²) in [6.07, 6.45) is 5.86. The lowest BCUT2D eigenvalue weighted by Gasteiger charge is -2.12. The minimum Gasteiger partial charge on any atom is -0.465 e. The number of methoxy groups -OCH3 is 1. The molecule has 0 spiro atoms. The van der Waals surface area contributed by atoms with E-state index in [0.717, 1.165) is 28.3 Å². The molecule has 0 bridgehead atoms. The third-order valence-electron chi connectivity index (χ3n) is 3.83. The molecule has 6 heteroatoms. The van der Waals surface area contributed by atoms with E-state index < -0.39 is 0 Å². The number of nitrogen functional groups attached to an aromatic ring is 1. The lowest BCUT2D eigenvalue weighted by molar-refractivity contribution is 0.0607.